The van der Waals surface area contributed by atoms with E-state index in [2.05, 4.69) is 10.6 Å². The molecule has 0 bridgehead atoms. The van der Waals surface area contributed by atoms with E-state index < -0.39 is 10.8 Å². The highest BCUT2D eigenvalue weighted by molar-refractivity contribution is 7.84. The largest absolute Gasteiger partial charge is 0.334 e. The Kier molecular flexibility index (Phi) is 5.62. The van der Waals surface area contributed by atoms with Crippen molar-refractivity contribution in [1.29, 1.82) is 0 Å². The summed E-state index contributed by atoms with van der Waals surface area (Å²) in [6, 6.07) is 4.91. The van der Waals surface area contributed by atoms with Gasteiger partial charge in [0.05, 0.1) is 10.7 Å². The van der Waals surface area contributed by atoms with Gasteiger partial charge in [0, 0.05) is 28.9 Å². The average molecular weight is 289 g/mol. The third-order valence-corrected chi connectivity index (χ3v) is 3.61. The zero-order chi connectivity index (χ0) is 13.7. The van der Waals surface area contributed by atoms with Crippen LogP contribution in [0.1, 0.15) is 12.5 Å². The fourth-order valence-electron chi connectivity index (χ4n) is 1.56. The Morgan fingerprint density at radius 2 is 2.17 bits per heavy atom. The number of carbonyl (C=O) groups is 1. The van der Waals surface area contributed by atoms with Crippen LogP contribution in [0.5, 0.6) is 0 Å². The molecule has 0 aliphatic carbocycles. The molecule has 1 aromatic carbocycles. The monoisotopic (exact) mass is 288 g/mol. The molecule has 0 unspecified atom stereocenters. The van der Waals surface area contributed by atoms with E-state index in [1.54, 1.807) is 19.2 Å². The first kappa shape index (κ1) is 15.0. The summed E-state index contributed by atoms with van der Waals surface area (Å²) in [6.07, 6.45) is 1.61. The summed E-state index contributed by atoms with van der Waals surface area (Å²) >= 11 is 6.00. The summed E-state index contributed by atoms with van der Waals surface area (Å²) in [5.74, 6) is 0.426. The molecule has 1 rings (SSSR count). The van der Waals surface area contributed by atoms with E-state index in [9.17, 15) is 9.00 Å². The Morgan fingerprint density at radius 1 is 1.50 bits per heavy atom. The van der Waals surface area contributed by atoms with Gasteiger partial charge in [-0.1, -0.05) is 23.7 Å². The first-order valence-corrected chi connectivity index (χ1v) is 7.63. The average Bonchev–Trinajstić information content (AvgIpc) is 2.22. The first-order valence-electron chi connectivity index (χ1n) is 5.52. The van der Waals surface area contributed by atoms with Gasteiger partial charge >= 0.3 is 6.03 Å². The van der Waals surface area contributed by atoms with Gasteiger partial charge in [0.2, 0.25) is 0 Å². The lowest BCUT2D eigenvalue weighted by Crippen LogP contribution is -2.39. The van der Waals surface area contributed by atoms with Crippen molar-refractivity contribution in [3.05, 3.63) is 28.8 Å². The summed E-state index contributed by atoms with van der Waals surface area (Å²) in [7, 11) is -0.936. The van der Waals surface area contributed by atoms with Gasteiger partial charge in [0.15, 0.2) is 0 Å². The second-order valence-electron chi connectivity index (χ2n) is 4.17. The van der Waals surface area contributed by atoms with Gasteiger partial charge in [0.1, 0.15) is 0 Å². The quantitative estimate of drug-likeness (QED) is 0.894. The van der Waals surface area contributed by atoms with E-state index in [1.807, 2.05) is 19.1 Å². The highest BCUT2D eigenvalue weighted by Gasteiger charge is 2.11. The van der Waals surface area contributed by atoms with E-state index >= 15 is 0 Å². The summed E-state index contributed by atoms with van der Waals surface area (Å²) < 4.78 is 11.0. The molecule has 0 heterocycles. The normalized spacial score (nSPS) is 13.8. The molecule has 2 N–H and O–H groups in total. The van der Waals surface area contributed by atoms with E-state index in [1.165, 1.54) is 0 Å². The third kappa shape index (κ3) is 4.66. The van der Waals surface area contributed by atoms with Gasteiger partial charge in [-0.3, -0.25) is 4.21 Å². The zero-order valence-electron chi connectivity index (χ0n) is 10.6. The number of aryl methyl sites for hydroxylation is 1. The van der Waals surface area contributed by atoms with Gasteiger partial charge in [-0.25, -0.2) is 4.79 Å². The molecule has 4 nitrogen and oxygen atoms in total. The van der Waals surface area contributed by atoms with Gasteiger partial charge in [-0.15, -0.1) is 0 Å². The highest BCUT2D eigenvalue weighted by atomic mass is 35.5. The van der Waals surface area contributed by atoms with Crippen LogP contribution in [-0.4, -0.2) is 28.3 Å². The number of nitrogens with one attached hydrogen (secondary N) is 2. The van der Waals surface area contributed by atoms with Crippen LogP contribution in [0.3, 0.4) is 0 Å². The number of carbonyl (C=O) groups excluding carboxylic acids is 1. The molecular formula is C12H17ClN2O2S. The predicted molar refractivity (Wildman–Crippen MR) is 76.7 cm³/mol. The lowest BCUT2D eigenvalue weighted by Gasteiger charge is -2.15. The van der Waals surface area contributed by atoms with Crippen LogP contribution in [0, 0.1) is 6.92 Å². The molecule has 1 aromatic rings. The molecule has 6 heteroatoms. The van der Waals surface area contributed by atoms with Gasteiger partial charge < -0.3 is 10.6 Å². The van der Waals surface area contributed by atoms with Crippen LogP contribution in [0.2, 0.25) is 5.02 Å². The number of hydrogen-bond donors (Lipinski definition) is 2. The molecule has 100 valence electrons. The number of anilines is 1. The minimum atomic E-state index is -0.936. The summed E-state index contributed by atoms with van der Waals surface area (Å²) in [5, 5.41) is 5.91. The number of hydrogen-bond acceptors (Lipinski definition) is 2. The molecule has 2 atom stereocenters. The van der Waals surface area contributed by atoms with E-state index in [4.69, 9.17) is 11.6 Å². The van der Waals surface area contributed by atoms with Crippen LogP contribution >= 0.6 is 11.6 Å². The maximum atomic E-state index is 11.7. The molecule has 0 aliphatic heterocycles. The summed E-state index contributed by atoms with van der Waals surface area (Å²) in [5.41, 5.74) is 1.49. The Balaban J connectivity index is 2.62. The number of amides is 2. The fourth-order valence-corrected chi connectivity index (χ4v) is 2.61. The van der Waals surface area contributed by atoms with Crippen molar-refractivity contribution in [3.8, 4) is 0 Å². The predicted octanol–water partition coefficient (Wildman–Crippen LogP) is 2.54. The Morgan fingerprint density at radius 3 is 2.72 bits per heavy atom. The van der Waals surface area contributed by atoms with Gasteiger partial charge in [-0.05, 0) is 25.5 Å². The molecule has 0 aliphatic rings. The summed E-state index contributed by atoms with van der Waals surface area (Å²) in [6.45, 7) is 3.67. The number of halogens is 1. The SMILES string of the molecule is Cc1cccc(Cl)c1NC(=O)N[C@@H](C)C[S@](C)=O. The molecule has 0 aromatic heterocycles. The minimum absolute atomic E-state index is 0.154. The molecule has 0 fully saturated rings. The molecule has 0 radical (unpaired) electrons. The van der Waals surface area contributed by atoms with E-state index in [-0.39, 0.29) is 12.1 Å². The number of para-hydroxylation sites is 1. The minimum Gasteiger partial charge on any atom is -0.334 e. The molecular weight excluding hydrogens is 272 g/mol. The van der Waals surface area contributed by atoms with Gasteiger partial charge in [0.25, 0.3) is 0 Å². The van der Waals surface area contributed by atoms with Crippen molar-refractivity contribution >= 4 is 34.1 Å². The summed E-state index contributed by atoms with van der Waals surface area (Å²) in [4.78, 5) is 11.7. The maximum Gasteiger partial charge on any atom is 0.319 e. The van der Waals surface area contributed by atoms with Crippen molar-refractivity contribution < 1.29 is 9.00 Å². The first-order chi connectivity index (χ1) is 8.40. The Hall–Kier alpha value is -1.07. The second kappa shape index (κ2) is 6.75. The molecule has 0 saturated carbocycles. The molecule has 0 spiro atoms. The standard InChI is InChI=1S/C12H17ClN2O2S/c1-8-5-4-6-10(13)11(8)15-12(16)14-9(2)7-18(3)17/h4-6,9H,7H2,1-3H3,(H2,14,15,16)/t9-,18-/m0/s1. The Bertz CT molecular complexity index is 445. The smallest absolute Gasteiger partial charge is 0.319 e. The fraction of sp³-hybridized carbons (Fsp3) is 0.417. The second-order valence-corrected chi connectivity index (χ2v) is 6.06. The van der Waals surface area contributed by atoms with Crippen molar-refractivity contribution in [2.45, 2.75) is 19.9 Å². The van der Waals surface area contributed by atoms with Crippen LogP contribution in [-0.2, 0) is 10.8 Å². The molecule has 0 saturated heterocycles. The number of urea groups is 1. The Labute approximate surface area is 115 Å². The van der Waals surface area contributed by atoms with Crippen LogP contribution < -0.4 is 10.6 Å². The zero-order valence-corrected chi connectivity index (χ0v) is 12.2. The lowest BCUT2D eigenvalue weighted by molar-refractivity contribution is 0.250. The van der Waals surface area contributed by atoms with E-state index in [0.717, 1.165) is 5.56 Å². The van der Waals surface area contributed by atoms with Crippen LogP contribution in [0.15, 0.2) is 18.2 Å². The van der Waals surface area contributed by atoms with E-state index in [0.29, 0.717) is 16.5 Å². The van der Waals surface area contributed by atoms with Crippen LogP contribution in [0.25, 0.3) is 0 Å². The van der Waals surface area contributed by atoms with Crippen molar-refractivity contribution in [1.82, 2.24) is 5.32 Å². The van der Waals surface area contributed by atoms with Crippen molar-refractivity contribution in [2.75, 3.05) is 17.3 Å². The van der Waals surface area contributed by atoms with Crippen LogP contribution in [0.4, 0.5) is 10.5 Å². The maximum absolute atomic E-state index is 11.7. The molecule has 18 heavy (non-hydrogen) atoms. The third-order valence-electron chi connectivity index (χ3n) is 2.32. The van der Waals surface area contributed by atoms with Gasteiger partial charge in [-0.2, -0.15) is 0 Å². The molecule has 2 amide bonds. The lowest BCUT2D eigenvalue weighted by atomic mass is 10.2. The van der Waals surface area contributed by atoms with Crippen molar-refractivity contribution in [3.63, 3.8) is 0 Å². The topological polar surface area (TPSA) is 58.2 Å². The highest BCUT2D eigenvalue weighted by Crippen LogP contribution is 2.24. The number of rotatable bonds is 4. The number of benzene rings is 1. The van der Waals surface area contributed by atoms with Crippen molar-refractivity contribution in [2.24, 2.45) is 0 Å².